The molecule has 0 saturated carbocycles. The van der Waals surface area contributed by atoms with Crippen molar-refractivity contribution in [2.45, 2.75) is 50.3 Å². The van der Waals surface area contributed by atoms with E-state index in [1.165, 1.54) is 64.0 Å². The van der Waals surface area contributed by atoms with Crippen molar-refractivity contribution in [2.75, 3.05) is 31.9 Å². The molecule has 0 radical (unpaired) electrons. The van der Waals surface area contributed by atoms with Crippen LogP contribution in [0.5, 0.6) is 0 Å². The second kappa shape index (κ2) is 6.87. The Bertz CT molecular complexity index is 186. The van der Waals surface area contributed by atoms with Crippen LogP contribution in [0.3, 0.4) is 0 Å². The molecule has 16 heavy (non-hydrogen) atoms. The van der Waals surface area contributed by atoms with Crippen molar-refractivity contribution in [3.8, 4) is 0 Å². The fourth-order valence-corrected chi connectivity index (χ4v) is 3.95. The molecule has 2 rings (SSSR count). The Morgan fingerprint density at radius 1 is 1.25 bits per heavy atom. The summed E-state index contributed by atoms with van der Waals surface area (Å²) >= 11 is 2.15. The first-order valence-electron chi connectivity index (χ1n) is 6.92. The Kier molecular flexibility index (Phi) is 5.46. The third-order valence-corrected chi connectivity index (χ3v) is 5.10. The Morgan fingerprint density at radius 2 is 2.06 bits per heavy atom. The molecule has 2 atom stereocenters. The summed E-state index contributed by atoms with van der Waals surface area (Å²) in [6, 6.07) is 0.666. The van der Waals surface area contributed by atoms with E-state index in [-0.39, 0.29) is 0 Å². The van der Waals surface area contributed by atoms with Gasteiger partial charge in [-0.25, -0.2) is 0 Å². The molecule has 2 nitrogen and oxygen atoms in total. The van der Waals surface area contributed by atoms with Gasteiger partial charge in [0.1, 0.15) is 0 Å². The number of likely N-dealkylation sites (tertiary alicyclic amines) is 1. The van der Waals surface area contributed by atoms with Crippen molar-refractivity contribution in [1.82, 2.24) is 10.2 Å². The quantitative estimate of drug-likeness (QED) is 0.797. The number of piperidine rings is 1. The maximum absolute atomic E-state index is 3.71. The van der Waals surface area contributed by atoms with Gasteiger partial charge in [-0.3, -0.25) is 0 Å². The first kappa shape index (κ1) is 12.7. The van der Waals surface area contributed by atoms with Gasteiger partial charge in [0.05, 0.1) is 0 Å². The number of nitrogens with zero attached hydrogens (tertiary/aromatic N) is 1. The lowest BCUT2D eigenvalue weighted by molar-refractivity contribution is 0.209. The first-order chi connectivity index (χ1) is 7.84. The molecule has 2 aliphatic heterocycles. The van der Waals surface area contributed by atoms with Gasteiger partial charge in [0.15, 0.2) is 0 Å². The van der Waals surface area contributed by atoms with Gasteiger partial charge in [-0.2, -0.15) is 11.8 Å². The van der Waals surface area contributed by atoms with Gasteiger partial charge in [0, 0.05) is 24.4 Å². The maximum Gasteiger partial charge on any atom is 0.0172 e. The van der Waals surface area contributed by atoms with Crippen LogP contribution in [-0.2, 0) is 0 Å². The molecule has 0 bridgehead atoms. The second-order valence-electron chi connectivity index (χ2n) is 5.31. The first-order valence-corrected chi connectivity index (χ1v) is 7.97. The third-order valence-electron chi connectivity index (χ3n) is 3.70. The van der Waals surface area contributed by atoms with Crippen LogP contribution in [0.1, 0.15) is 39.0 Å². The molecule has 2 aliphatic rings. The predicted molar refractivity (Wildman–Crippen MR) is 73.2 cm³/mol. The van der Waals surface area contributed by atoms with Gasteiger partial charge in [-0.05, 0) is 51.4 Å². The largest absolute Gasteiger partial charge is 0.312 e. The van der Waals surface area contributed by atoms with Gasteiger partial charge >= 0.3 is 0 Å². The molecule has 0 aliphatic carbocycles. The number of hydrogen-bond acceptors (Lipinski definition) is 3. The molecule has 3 heteroatoms. The maximum atomic E-state index is 3.71. The van der Waals surface area contributed by atoms with Crippen molar-refractivity contribution in [2.24, 2.45) is 0 Å². The fourth-order valence-electron chi connectivity index (χ4n) is 2.73. The van der Waals surface area contributed by atoms with Gasteiger partial charge in [-0.1, -0.05) is 6.42 Å². The monoisotopic (exact) mass is 242 g/mol. The van der Waals surface area contributed by atoms with Gasteiger partial charge in [0.25, 0.3) is 0 Å². The highest BCUT2D eigenvalue weighted by Gasteiger charge is 2.17. The van der Waals surface area contributed by atoms with E-state index in [4.69, 9.17) is 0 Å². The highest BCUT2D eigenvalue weighted by atomic mass is 32.2. The standard InChI is InChI=1S/C13H26N2S/c1-12(11-15-7-3-2-4-8-15)14-10-13-6-5-9-16-13/h12-14H,2-11H2,1H3. The van der Waals surface area contributed by atoms with Crippen LogP contribution in [0.4, 0.5) is 0 Å². The lowest BCUT2D eigenvalue weighted by Gasteiger charge is -2.29. The van der Waals surface area contributed by atoms with Crippen LogP contribution in [0.25, 0.3) is 0 Å². The molecule has 2 saturated heterocycles. The molecule has 0 aromatic heterocycles. The summed E-state index contributed by atoms with van der Waals surface area (Å²) in [7, 11) is 0. The Morgan fingerprint density at radius 3 is 2.75 bits per heavy atom. The van der Waals surface area contributed by atoms with Crippen LogP contribution in [0, 0.1) is 0 Å². The molecule has 0 aromatic carbocycles. The summed E-state index contributed by atoms with van der Waals surface area (Å²) in [6.07, 6.45) is 7.11. The highest BCUT2D eigenvalue weighted by molar-refractivity contribution is 8.00. The minimum absolute atomic E-state index is 0.666. The van der Waals surface area contributed by atoms with Crippen LogP contribution in [-0.4, -0.2) is 48.1 Å². The molecular formula is C13H26N2S. The van der Waals surface area contributed by atoms with E-state index in [1.54, 1.807) is 0 Å². The molecule has 94 valence electrons. The predicted octanol–water partition coefficient (Wildman–Crippen LogP) is 2.35. The normalized spacial score (nSPS) is 29.4. The van der Waals surface area contributed by atoms with Gasteiger partial charge < -0.3 is 10.2 Å². The molecule has 2 fully saturated rings. The zero-order valence-electron chi connectivity index (χ0n) is 10.6. The van der Waals surface area contributed by atoms with Crippen LogP contribution < -0.4 is 5.32 Å². The second-order valence-corrected chi connectivity index (χ2v) is 6.71. The molecule has 2 unspecified atom stereocenters. The molecule has 2 heterocycles. The zero-order valence-corrected chi connectivity index (χ0v) is 11.4. The number of nitrogens with one attached hydrogen (secondary N) is 1. The van der Waals surface area contributed by atoms with E-state index in [1.807, 2.05) is 0 Å². The van der Waals surface area contributed by atoms with Gasteiger partial charge in [0.2, 0.25) is 0 Å². The average Bonchev–Trinajstić information content (AvgIpc) is 2.81. The van der Waals surface area contributed by atoms with E-state index in [2.05, 4.69) is 28.9 Å². The third kappa shape index (κ3) is 4.27. The van der Waals surface area contributed by atoms with E-state index in [9.17, 15) is 0 Å². The summed E-state index contributed by atoms with van der Waals surface area (Å²) < 4.78 is 0. The minimum atomic E-state index is 0.666. The fraction of sp³-hybridized carbons (Fsp3) is 1.00. The topological polar surface area (TPSA) is 15.3 Å². The number of hydrogen-bond donors (Lipinski definition) is 1. The summed E-state index contributed by atoms with van der Waals surface area (Å²) in [6.45, 7) is 7.46. The number of rotatable bonds is 5. The van der Waals surface area contributed by atoms with Crippen molar-refractivity contribution in [3.05, 3.63) is 0 Å². The van der Waals surface area contributed by atoms with Crippen molar-refractivity contribution in [3.63, 3.8) is 0 Å². The molecule has 0 spiro atoms. The van der Waals surface area contributed by atoms with E-state index in [0.717, 1.165) is 5.25 Å². The van der Waals surface area contributed by atoms with Gasteiger partial charge in [-0.15, -0.1) is 0 Å². The smallest absolute Gasteiger partial charge is 0.0172 e. The zero-order chi connectivity index (χ0) is 11.2. The van der Waals surface area contributed by atoms with Crippen molar-refractivity contribution >= 4 is 11.8 Å². The summed E-state index contributed by atoms with van der Waals surface area (Å²) in [4.78, 5) is 2.63. The SMILES string of the molecule is CC(CN1CCCCC1)NCC1CCCS1. The summed E-state index contributed by atoms with van der Waals surface area (Å²) in [5.41, 5.74) is 0. The average molecular weight is 242 g/mol. The molecule has 0 aromatic rings. The van der Waals surface area contributed by atoms with E-state index < -0.39 is 0 Å². The highest BCUT2D eigenvalue weighted by Crippen LogP contribution is 2.25. The molecule has 1 N–H and O–H groups in total. The Labute approximate surface area is 105 Å². The van der Waals surface area contributed by atoms with Crippen LogP contribution in [0.2, 0.25) is 0 Å². The summed E-state index contributed by atoms with van der Waals surface area (Å²) in [5, 5.41) is 4.60. The Hall–Kier alpha value is 0.270. The lowest BCUT2D eigenvalue weighted by Crippen LogP contribution is -2.43. The van der Waals surface area contributed by atoms with E-state index >= 15 is 0 Å². The lowest BCUT2D eigenvalue weighted by atomic mass is 10.1. The van der Waals surface area contributed by atoms with Crippen LogP contribution in [0.15, 0.2) is 0 Å². The Balaban J connectivity index is 1.57. The molecule has 0 amide bonds. The number of thioether (sulfide) groups is 1. The van der Waals surface area contributed by atoms with Crippen molar-refractivity contribution in [1.29, 1.82) is 0 Å². The molecular weight excluding hydrogens is 216 g/mol. The minimum Gasteiger partial charge on any atom is -0.312 e. The van der Waals surface area contributed by atoms with Crippen LogP contribution >= 0.6 is 11.8 Å². The summed E-state index contributed by atoms with van der Waals surface area (Å²) in [5.74, 6) is 1.38. The van der Waals surface area contributed by atoms with Crippen molar-refractivity contribution < 1.29 is 0 Å². The van der Waals surface area contributed by atoms with E-state index in [0.29, 0.717) is 6.04 Å².